The molecule has 6 aromatic rings. The SMILES string of the molecule is C=CCCCCCCCCCOc1ccc(C(=O)Oc2ccc(C(=O)Oc3ccc4ccc(OC(=O)c5ccc(OC(=O)c6ccc(OCCCCCCCCC(F)(F)C(F)(F)C(F)(F)C(F)(F)F)cc6)cc5)c(C#N)c4c3)cc2)cc1. The van der Waals surface area contributed by atoms with Crippen molar-refractivity contribution in [2.45, 2.75) is 120 Å². The molecule has 82 heavy (non-hydrogen) atoms. The smallest absolute Gasteiger partial charge is 0.460 e. The number of ether oxygens (including phenoxy) is 6. The van der Waals surface area contributed by atoms with Crippen LogP contribution in [-0.2, 0) is 0 Å². The number of benzene rings is 6. The van der Waals surface area contributed by atoms with Crippen LogP contribution in [0.3, 0.4) is 0 Å². The number of rotatable bonds is 31. The molecule has 0 aliphatic carbocycles. The van der Waals surface area contributed by atoms with Crippen molar-refractivity contribution >= 4 is 34.6 Å². The molecule has 20 heteroatoms. The summed E-state index contributed by atoms with van der Waals surface area (Å²) < 4.78 is 151. The molecule has 0 atom stereocenters. The Bertz CT molecular complexity index is 3140. The highest BCUT2D eigenvalue weighted by Gasteiger charge is 2.81. The van der Waals surface area contributed by atoms with Crippen molar-refractivity contribution in [1.82, 2.24) is 0 Å². The second-order valence-electron chi connectivity index (χ2n) is 19.1. The van der Waals surface area contributed by atoms with Gasteiger partial charge in [-0.05, 0) is 153 Å². The maximum atomic E-state index is 13.7. The molecule has 0 amide bonds. The van der Waals surface area contributed by atoms with E-state index in [4.69, 9.17) is 28.4 Å². The summed E-state index contributed by atoms with van der Waals surface area (Å²) in [5.74, 6) is -20.6. The molecular formula is C62H58F9NO10. The average Bonchev–Trinajstić information content (AvgIpc) is 2.41. The summed E-state index contributed by atoms with van der Waals surface area (Å²) in [5, 5.41) is 11.1. The number of esters is 4. The lowest BCUT2D eigenvalue weighted by atomic mass is 9.98. The van der Waals surface area contributed by atoms with E-state index in [-0.39, 0.29) is 64.7 Å². The zero-order valence-electron chi connectivity index (χ0n) is 44.4. The number of hydrogen-bond acceptors (Lipinski definition) is 11. The predicted octanol–water partition coefficient (Wildman–Crippen LogP) is 16.9. The largest absolute Gasteiger partial charge is 0.494 e. The number of nitriles is 1. The van der Waals surface area contributed by atoms with Gasteiger partial charge >= 0.3 is 47.8 Å². The monoisotopic (exact) mass is 1150 g/mol. The van der Waals surface area contributed by atoms with Gasteiger partial charge in [0.25, 0.3) is 0 Å². The van der Waals surface area contributed by atoms with Gasteiger partial charge in [0.1, 0.15) is 46.1 Å². The van der Waals surface area contributed by atoms with Crippen LogP contribution in [0.4, 0.5) is 39.5 Å². The molecule has 434 valence electrons. The summed E-state index contributed by atoms with van der Waals surface area (Å²) in [6.45, 7) is 4.53. The van der Waals surface area contributed by atoms with E-state index in [1.165, 1.54) is 123 Å². The van der Waals surface area contributed by atoms with Crippen LogP contribution in [0.5, 0.6) is 34.5 Å². The number of nitrogens with zero attached hydrogens (tertiary/aromatic N) is 1. The molecule has 0 N–H and O–H groups in total. The number of carbonyl (C=O) groups is 4. The quantitative estimate of drug-likeness (QED) is 0.0135. The Morgan fingerprint density at radius 1 is 0.439 bits per heavy atom. The van der Waals surface area contributed by atoms with Gasteiger partial charge in [-0.15, -0.1) is 6.58 Å². The minimum absolute atomic E-state index is 0.0184. The number of halogens is 9. The number of allylic oxidation sites excluding steroid dienone is 1. The van der Waals surface area contributed by atoms with Crippen molar-refractivity contribution in [3.8, 4) is 40.6 Å². The van der Waals surface area contributed by atoms with Gasteiger partial charge in [-0.2, -0.15) is 44.8 Å². The minimum Gasteiger partial charge on any atom is -0.494 e. The van der Waals surface area contributed by atoms with E-state index in [0.29, 0.717) is 53.7 Å². The fraction of sp³-hybridized carbons (Fsp3) is 0.339. The molecule has 0 saturated heterocycles. The Morgan fingerprint density at radius 3 is 1.23 bits per heavy atom. The summed E-state index contributed by atoms with van der Waals surface area (Å²) in [6.07, 6.45) is 3.23. The third-order valence-electron chi connectivity index (χ3n) is 12.9. The first-order valence-electron chi connectivity index (χ1n) is 26.5. The molecule has 0 spiro atoms. The Labute approximate surface area is 467 Å². The van der Waals surface area contributed by atoms with Crippen molar-refractivity contribution in [2.75, 3.05) is 13.2 Å². The van der Waals surface area contributed by atoms with Gasteiger partial charge in [-0.25, -0.2) is 19.2 Å². The van der Waals surface area contributed by atoms with Crippen LogP contribution in [0.25, 0.3) is 10.8 Å². The van der Waals surface area contributed by atoms with Crippen LogP contribution in [0.15, 0.2) is 140 Å². The maximum absolute atomic E-state index is 13.7. The molecule has 0 unspecified atom stereocenters. The molecule has 0 radical (unpaired) electrons. The lowest BCUT2D eigenvalue weighted by Crippen LogP contribution is -2.60. The fourth-order valence-corrected chi connectivity index (χ4v) is 8.27. The van der Waals surface area contributed by atoms with Gasteiger partial charge in [0.05, 0.1) is 35.5 Å². The summed E-state index contributed by atoms with van der Waals surface area (Å²) in [5.41, 5.74) is 0.642. The molecule has 0 fully saturated rings. The molecular weight excluding hydrogens is 1090 g/mol. The number of hydrogen-bond donors (Lipinski definition) is 0. The van der Waals surface area contributed by atoms with Gasteiger partial charge in [-0.3, -0.25) is 0 Å². The molecule has 0 aliphatic rings. The van der Waals surface area contributed by atoms with Gasteiger partial charge in [-0.1, -0.05) is 76.0 Å². The fourth-order valence-electron chi connectivity index (χ4n) is 8.27. The Kier molecular flexibility index (Phi) is 22.5. The van der Waals surface area contributed by atoms with Crippen molar-refractivity contribution in [1.29, 1.82) is 5.26 Å². The van der Waals surface area contributed by atoms with E-state index >= 15 is 0 Å². The third-order valence-corrected chi connectivity index (χ3v) is 12.9. The second kappa shape index (κ2) is 29.4. The summed E-state index contributed by atoms with van der Waals surface area (Å²) >= 11 is 0. The van der Waals surface area contributed by atoms with Gasteiger partial charge in [0.15, 0.2) is 0 Å². The number of fused-ring (bicyclic) bond motifs is 1. The van der Waals surface area contributed by atoms with E-state index in [0.717, 1.165) is 19.3 Å². The van der Waals surface area contributed by atoms with Gasteiger partial charge in [0.2, 0.25) is 0 Å². The molecule has 0 saturated carbocycles. The Hall–Kier alpha value is -8.34. The molecule has 0 aliphatic heterocycles. The summed E-state index contributed by atoms with van der Waals surface area (Å²) in [7, 11) is 0. The minimum atomic E-state index is -6.89. The first kappa shape index (κ1) is 62.9. The average molecular weight is 1150 g/mol. The summed E-state index contributed by atoms with van der Waals surface area (Å²) in [6, 6.07) is 33.5. The van der Waals surface area contributed by atoms with Gasteiger partial charge in [0, 0.05) is 11.8 Å². The molecule has 0 heterocycles. The van der Waals surface area contributed by atoms with Crippen molar-refractivity contribution in [3.63, 3.8) is 0 Å². The highest BCUT2D eigenvalue weighted by atomic mass is 19.4. The van der Waals surface area contributed by atoms with E-state index in [9.17, 15) is 64.0 Å². The van der Waals surface area contributed by atoms with Crippen LogP contribution in [-0.4, -0.2) is 61.0 Å². The van der Waals surface area contributed by atoms with Crippen LogP contribution in [0, 0.1) is 11.3 Å². The first-order chi connectivity index (χ1) is 39.1. The lowest BCUT2D eigenvalue weighted by molar-refractivity contribution is -0.396. The molecule has 0 bridgehead atoms. The number of carbonyl (C=O) groups excluding carboxylic acids is 4. The highest BCUT2D eigenvalue weighted by molar-refractivity contribution is 5.97. The maximum Gasteiger partial charge on any atom is 0.460 e. The molecule has 6 aromatic carbocycles. The lowest BCUT2D eigenvalue weighted by Gasteiger charge is -2.33. The predicted molar refractivity (Wildman–Crippen MR) is 286 cm³/mol. The number of unbranched alkanes of at least 4 members (excludes halogenated alkanes) is 12. The highest BCUT2D eigenvalue weighted by Crippen LogP contribution is 2.54. The second-order valence-corrected chi connectivity index (χ2v) is 19.1. The van der Waals surface area contributed by atoms with E-state index in [1.54, 1.807) is 36.4 Å². The third kappa shape index (κ3) is 17.3. The van der Waals surface area contributed by atoms with Crippen LogP contribution in [0.2, 0.25) is 0 Å². The molecule has 6 rings (SSSR count). The van der Waals surface area contributed by atoms with Gasteiger partial charge < -0.3 is 28.4 Å². The first-order valence-corrected chi connectivity index (χ1v) is 26.5. The zero-order valence-corrected chi connectivity index (χ0v) is 44.4. The van der Waals surface area contributed by atoms with Crippen LogP contribution >= 0.6 is 0 Å². The van der Waals surface area contributed by atoms with Crippen LogP contribution in [0.1, 0.15) is 143 Å². The number of alkyl halides is 9. The Balaban J connectivity index is 0.906. The Morgan fingerprint density at radius 2 is 0.805 bits per heavy atom. The van der Waals surface area contributed by atoms with Crippen LogP contribution < -0.4 is 28.4 Å². The van der Waals surface area contributed by atoms with E-state index in [1.807, 2.05) is 12.1 Å². The standard InChI is InChI=1S/C62H58F9NO10/c1-2-3-4-5-6-7-9-12-15-38-77-47-27-18-43(19-28-47)55(73)79-49-31-22-45(23-32-49)57(75)81-51-35-17-42-26-36-54(53(41-72)52(42)40-51)82-58(76)46-24-33-50(34-25-46)80-56(74)44-20-29-48(30-21-44)78-39-16-13-10-8-11-14-37-59(63,64)60(65,66)61(67,68)62(69,70)71/h2,17-36,40H,1,3-16,37-39H2. The van der Waals surface area contributed by atoms with E-state index in [2.05, 4.69) is 6.58 Å². The van der Waals surface area contributed by atoms with Crippen molar-refractivity contribution < 1.29 is 87.1 Å². The topological polar surface area (TPSA) is 147 Å². The normalized spacial score (nSPS) is 11.8. The molecule has 0 aromatic heterocycles. The zero-order chi connectivity index (χ0) is 59.3. The van der Waals surface area contributed by atoms with Crippen molar-refractivity contribution in [2.24, 2.45) is 0 Å². The van der Waals surface area contributed by atoms with Crippen molar-refractivity contribution in [3.05, 3.63) is 168 Å². The summed E-state index contributed by atoms with van der Waals surface area (Å²) in [4.78, 5) is 52.2. The molecule has 11 nitrogen and oxygen atoms in total. The van der Waals surface area contributed by atoms with E-state index < -0.39 is 60.7 Å².